The maximum Gasteiger partial charge on any atom is 0.251 e. The molecular weight excluding hydrogens is 363 g/mol. The van der Waals surface area contributed by atoms with Crippen LogP contribution in [0.3, 0.4) is 0 Å². The van der Waals surface area contributed by atoms with Gasteiger partial charge in [-0.25, -0.2) is 4.98 Å². The third-order valence-corrected chi connectivity index (χ3v) is 3.23. The van der Waals surface area contributed by atoms with E-state index in [0.29, 0.717) is 29.7 Å². The summed E-state index contributed by atoms with van der Waals surface area (Å²) in [5.41, 5.74) is 6.25. The molecule has 0 saturated carbocycles. The zero-order valence-corrected chi connectivity index (χ0v) is 15.8. The minimum absolute atomic E-state index is 0. The lowest BCUT2D eigenvalue weighted by molar-refractivity contribution is 0.0933. The largest absolute Gasteiger partial charge is 0.437 e. The molecule has 0 saturated heterocycles. The molecule has 6 nitrogen and oxygen atoms in total. The quantitative estimate of drug-likeness (QED) is 0.762. The molecule has 1 aromatic carbocycles. The van der Waals surface area contributed by atoms with Gasteiger partial charge in [-0.15, -0.1) is 24.8 Å². The highest BCUT2D eigenvalue weighted by Gasteiger charge is 2.14. The second kappa shape index (κ2) is 11.6. The summed E-state index contributed by atoms with van der Waals surface area (Å²) in [6.07, 6.45) is 5.47. The second-order valence-corrected chi connectivity index (χ2v) is 5.71. The maximum absolute atomic E-state index is 12.3. The molecule has 1 aromatic heterocycles. The van der Waals surface area contributed by atoms with Crippen LogP contribution in [0.25, 0.3) is 0 Å². The van der Waals surface area contributed by atoms with Crippen molar-refractivity contribution in [2.75, 3.05) is 6.54 Å². The first-order chi connectivity index (χ1) is 11.1. The van der Waals surface area contributed by atoms with E-state index in [1.54, 1.807) is 36.7 Å². The van der Waals surface area contributed by atoms with Crippen molar-refractivity contribution in [3.63, 3.8) is 0 Å². The first-order valence-corrected chi connectivity index (χ1v) is 7.63. The molecule has 0 spiro atoms. The van der Waals surface area contributed by atoms with Crippen LogP contribution >= 0.6 is 24.8 Å². The van der Waals surface area contributed by atoms with Crippen LogP contribution < -0.4 is 15.8 Å². The monoisotopic (exact) mass is 386 g/mol. The van der Waals surface area contributed by atoms with Crippen molar-refractivity contribution in [3.05, 3.63) is 48.4 Å². The average Bonchev–Trinajstić information content (AvgIpc) is 2.55. The fourth-order valence-electron chi connectivity index (χ4n) is 2.21. The summed E-state index contributed by atoms with van der Waals surface area (Å²) in [5.74, 6) is 1.22. The smallest absolute Gasteiger partial charge is 0.251 e. The number of aromatic nitrogens is 2. The number of carbonyl (C=O) groups is 1. The van der Waals surface area contributed by atoms with E-state index in [2.05, 4.69) is 29.1 Å². The maximum atomic E-state index is 12.3. The van der Waals surface area contributed by atoms with Gasteiger partial charge in [-0.3, -0.25) is 9.78 Å². The number of ether oxygens (including phenoxy) is 1. The van der Waals surface area contributed by atoms with Gasteiger partial charge < -0.3 is 15.8 Å². The van der Waals surface area contributed by atoms with Crippen LogP contribution in [0, 0.1) is 5.92 Å². The predicted molar refractivity (Wildman–Crippen MR) is 103 cm³/mol. The van der Waals surface area contributed by atoms with Gasteiger partial charge in [0.05, 0.1) is 6.20 Å². The van der Waals surface area contributed by atoms with Gasteiger partial charge in [0.1, 0.15) is 5.75 Å². The molecule has 2 aromatic rings. The molecule has 1 atom stereocenters. The number of nitrogens with two attached hydrogens (primary N) is 1. The normalized spacial score (nSPS) is 11.0. The Bertz CT molecular complexity index is 642. The summed E-state index contributed by atoms with van der Waals surface area (Å²) in [6, 6.07) is 6.90. The Labute approximate surface area is 160 Å². The highest BCUT2D eigenvalue weighted by atomic mass is 35.5. The van der Waals surface area contributed by atoms with Gasteiger partial charge in [0.15, 0.2) is 0 Å². The molecule has 8 heteroatoms. The topological polar surface area (TPSA) is 90.1 Å². The predicted octanol–water partition coefficient (Wildman–Crippen LogP) is 3.22. The molecule has 1 heterocycles. The molecule has 0 aliphatic carbocycles. The van der Waals surface area contributed by atoms with E-state index >= 15 is 0 Å². The van der Waals surface area contributed by atoms with E-state index in [-0.39, 0.29) is 36.8 Å². The third kappa shape index (κ3) is 7.69. The summed E-state index contributed by atoms with van der Waals surface area (Å²) >= 11 is 0. The second-order valence-electron chi connectivity index (χ2n) is 5.71. The van der Waals surface area contributed by atoms with Crippen LogP contribution in [-0.4, -0.2) is 28.5 Å². The summed E-state index contributed by atoms with van der Waals surface area (Å²) in [7, 11) is 0. The fourth-order valence-corrected chi connectivity index (χ4v) is 2.21. The van der Waals surface area contributed by atoms with E-state index in [0.717, 1.165) is 6.42 Å². The molecule has 1 unspecified atom stereocenters. The van der Waals surface area contributed by atoms with Gasteiger partial charge in [-0.1, -0.05) is 19.9 Å². The van der Waals surface area contributed by atoms with E-state index < -0.39 is 0 Å². The minimum atomic E-state index is -0.161. The lowest BCUT2D eigenvalue weighted by atomic mass is 10.0. The Morgan fingerprint density at radius 2 is 2.04 bits per heavy atom. The molecule has 0 radical (unpaired) electrons. The van der Waals surface area contributed by atoms with Crippen molar-refractivity contribution >= 4 is 30.7 Å². The van der Waals surface area contributed by atoms with Crippen molar-refractivity contribution < 1.29 is 9.53 Å². The number of rotatable bonds is 7. The Balaban J connectivity index is 0.00000288. The standard InChI is InChI=1S/C17H22N4O2.2ClH/c1-12(2)8-14(10-18)21-17(22)13-4-3-5-15(9-13)23-16-11-19-6-7-20-16;;/h3-7,9,11-12,14H,8,10,18H2,1-2H3,(H,21,22);2*1H. The van der Waals surface area contributed by atoms with Crippen molar-refractivity contribution in [1.29, 1.82) is 0 Å². The van der Waals surface area contributed by atoms with E-state index in [1.807, 2.05) is 0 Å². The van der Waals surface area contributed by atoms with Crippen LogP contribution in [0.15, 0.2) is 42.9 Å². The van der Waals surface area contributed by atoms with Crippen LogP contribution in [-0.2, 0) is 0 Å². The van der Waals surface area contributed by atoms with Gasteiger partial charge in [-0.2, -0.15) is 0 Å². The van der Waals surface area contributed by atoms with E-state index in [9.17, 15) is 4.79 Å². The first-order valence-electron chi connectivity index (χ1n) is 7.63. The molecule has 3 N–H and O–H groups in total. The van der Waals surface area contributed by atoms with Crippen molar-refractivity contribution in [2.24, 2.45) is 11.7 Å². The molecule has 2 rings (SSSR count). The Morgan fingerprint density at radius 1 is 1.28 bits per heavy atom. The van der Waals surface area contributed by atoms with Gasteiger partial charge in [-0.05, 0) is 30.5 Å². The number of benzene rings is 1. The SMILES string of the molecule is CC(C)CC(CN)NC(=O)c1cccc(Oc2cnccn2)c1.Cl.Cl. The Morgan fingerprint density at radius 3 is 2.64 bits per heavy atom. The van der Waals surface area contributed by atoms with Gasteiger partial charge in [0, 0.05) is 30.5 Å². The zero-order valence-electron chi connectivity index (χ0n) is 14.2. The molecular formula is C17H24Cl2N4O2. The van der Waals surface area contributed by atoms with E-state index in [4.69, 9.17) is 10.5 Å². The molecule has 138 valence electrons. The average molecular weight is 387 g/mol. The molecule has 0 aliphatic rings. The number of nitrogens with one attached hydrogen (secondary N) is 1. The zero-order chi connectivity index (χ0) is 16.7. The van der Waals surface area contributed by atoms with Crippen LogP contribution in [0.4, 0.5) is 0 Å². The summed E-state index contributed by atoms with van der Waals surface area (Å²) < 4.78 is 5.59. The Kier molecular flexibility index (Phi) is 10.7. The molecule has 0 aliphatic heterocycles. The molecule has 0 fully saturated rings. The highest BCUT2D eigenvalue weighted by molar-refractivity contribution is 5.94. The van der Waals surface area contributed by atoms with Crippen LogP contribution in [0.1, 0.15) is 30.6 Å². The fraction of sp³-hybridized carbons (Fsp3) is 0.353. The molecule has 0 bridgehead atoms. The number of hydrogen-bond acceptors (Lipinski definition) is 5. The molecule has 1 amide bonds. The Hall–Kier alpha value is -1.89. The lowest BCUT2D eigenvalue weighted by Gasteiger charge is -2.19. The first kappa shape index (κ1) is 23.1. The summed E-state index contributed by atoms with van der Waals surface area (Å²) in [4.78, 5) is 20.3. The van der Waals surface area contributed by atoms with Crippen molar-refractivity contribution in [3.8, 4) is 11.6 Å². The van der Waals surface area contributed by atoms with Crippen molar-refractivity contribution in [2.45, 2.75) is 26.3 Å². The van der Waals surface area contributed by atoms with Crippen LogP contribution in [0.5, 0.6) is 11.6 Å². The van der Waals surface area contributed by atoms with Crippen molar-refractivity contribution in [1.82, 2.24) is 15.3 Å². The van der Waals surface area contributed by atoms with Gasteiger partial charge in [0.2, 0.25) is 5.88 Å². The summed E-state index contributed by atoms with van der Waals surface area (Å²) in [6.45, 7) is 4.62. The number of hydrogen-bond donors (Lipinski definition) is 2. The van der Waals surface area contributed by atoms with Crippen LogP contribution in [0.2, 0.25) is 0 Å². The van der Waals surface area contributed by atoms with Gasteiger partial charge >= 0.3 is 0 Å². The number of nitrogens with zero attached hydrogens (tertiary/aromatic N) is 2. The minimum Gasteiger partial charge on any atom is -0.437 e. The van der Waals surface area contributed by atoms with Gasteiger partial charge in [0.25, 0.3) is 5.91 Å². The number of carbonyl (C=O) groups excluding carboxylic acids is 1. The lowest BCUT2D eigenvalue weighted by Crippen LogP contribution is -2.41. The third-order valence-electron chi connectivity index (χ3n) is 3.23. The number of halogens is 2. The molecule has 25 heavy (non-hydrogen) atoms. The summed E-state index contributed by atoms with van der Waals surface area (Å²) in [5, 5.41) is 2.96. The number of amides is 1. The highest BCUT2D eigenvalue weighted by Crippen LogP contribution is 2.19. The van der Waals surface area contributed by atoms with E-state index in [1.165, 1.54) is 6.20 Å².